The van der Waals surface area contributed by atoms with E-state index in [0.717, 1.165) is 16.0 Å². The van der Waals surface area contributed by atoms with Gasteiger partial charge >= 0.3 is 13.6 Å². The monoisotopic (exact) mass is 524 g/mol. The van der Waals surface area contributed by atoms with Crippen molar-refractivity contribution in [3.63, 3.8) is 0 Å². The van der Waals surface area contributed by atoms with Crippen LogP contribution in [0.25, 0.3) is 42.7 Å². The van der Waals surface area contributed by atoms with Crippen molar-refractivity contribution < 1.29 is 21.8 Å². The van der Waals surface area contributed by atoms with Crippen molar-refractivity contribution in [1.82, 2.24) is 4.48 Å². The maximum absolute atomic E-state index is 14.4. The summed E-state index contributed by atoms with van der Waals surface area (Å²) < 4.78 is 72.9. The molecule has 0 radical (unpaired) electrons. The van der Waals surface area contributed by atoms with Crippen LogP contribution in [0, 0.1) is 0 Å². The molecular weight excluding hydrogens is 510 g/mol. The molecule has 0 fully saturated rings. The number of nitrogens with zero attached hydrogens (tertiary/aromatic N) is 2. The number of benzene rings is 2. The van der Waals surface area contributed by atoms with E-state index in [1.54, 1.807) is 6.07 Å². The highest BCUT2D eigenvalue weighted by Gasteiger charge is 2.42. The molecule has 0 amide bonds. The van der Waals surface area contributed by atoms with E-state index in [-0.39, 0.29) is 11.2 Å². The molecule has 6 rings (SSSR count). The van der Waals surface area contributed by atoms with Gasteiger partial charge in [0.1, 0.15) is 5.57 Å². The van der Waals surface area contributed by atoms with Crippen molar-refractivity contribution >= 4 is 51.9 Å². The van der Waals surface area contributed by atoms with Crippen molar-refractivity contribution in [3.05, 3.63) is 100 Å². The minimum atomic E-state index is -4.89. The molecule has 0 bridgehead atoms. The second kappa shape index (κ2) is 8.57. The van der Waals surface area contributed by atoms with Crippen LogP contribution in [0.3, 0.4) is 0 Å². The second-order valence-corrected chi connectivity index (χ2v) is 10.3. The van der Waals surface area contributed by atoms with Gasteiger partial charge < -0.3 is 4.48 Å². The Hall–Kier alpha value is -3.50. The van der Waals surface area contributed by atoms with E-state index in [4.69, 9.17) is 0 Å². The number of halogens is 5. The Balaban J connectivity index is 1.52. The summed E-state index contributed by atoms with van der Waals surface area (Å²) in [6.07, 6.45) is -3.55. The van der Waals surface area contributed by atoms with Crippen molar-refractivity contribution in [1.29, 1.82) is 0 Å². The van der Waals surface area contributed by atoms with Gasteiger partial charge in [-0.3, -0.25) is 8.63 Å². The van der Waals surface area contributed by atoms with Gasteiger partial charge in [0.05, 0.1) is 25.8 Å². The van der Waals surface area contributed by atoms with Crippen molar-refractivity contribution in [2.75, 3.05) is 0 Å². The highest BCUT2D eigenvalue weighted by atomic mass is 32.1. The molecule has 0 atom stereocenters. The first-order chi connectivity index (χ1) is 17.3. The Kier molecular flexibility index (Phi) is 5.46. The lowest BCUT2D eigenvalue weighted by Crippen LogP contribution is -2.21. The number of allylic oxidation sites excluding steroid dienone is 2. The van der Waals surface area contributed by atoms with Gasteiger partial charge in [-0.15, -0.1) is 22.7 Å². The van der Waals surface area contributed by atoms with E-state index in [2.05, 4.69) is 4.99 Å². The van der Waals surface area contributed by atoms with Gasteiger partial charge in [-0.25, -0.2) is 4.99 Å². The van der Waals surface area contributed by atoms with E-state index in [1.807, 2.05) is 60.7 Å². The second-order valence-electron chi connectivity index (χ2n) is 8.14. The molecule has 10 heteroatoms. The zero-order chi connectivity index (χ0) is 25.0. The molecule has 36 heavy (non-hydrogen) atoms. The third-order valence-electron chi connectivity index (χ3n) is 5.88. The number of hydrogen-bond acceptors (Lipinski definition) is 3. The third kappa shape index (κ3) is 3.90. The lowest BCUT2D eigenvalue weighted by molar-refractivity contribution is -0.0695. The van der Waals surface area contributed by atoms with Crippen LogP contribution in [-0.2, 0) is 0 Å². The molecule has 2 aromatic carbocycles. The Labute approximate surface area is 210 Å². The molecule has 1 aliphatic rings. The highest BCUT2D eigenvalue weighted by Crippen LogP contribution is 2.43. The number of hydrogen-bond donors (Lipinski definition) is 0. The zero-order valence-corrected chi connectivity index (χ0v) is 19.9. The number of rotatable bonds is 4. The van der Waals surface area contributed by atoms with Gasteiger partial charge in [0.2, 0.25) is 0 Å². The van der Waals surface area contributed by atoms with Gasteiger partial charge in [-0.05, 0) is 35.4 Å². The highest BCUT2D eigenvalue weighted by molar-refractivity contribution is 7.22. The Morgan fingerprint density at radius 1 is 0.806 bits per heavy atom. The van der Waals surface area contributed by atoms with Crippen molar-refractivity contribution in [3.8, 4) is 20.9 Å². The smallest absolute Gasteiger partial charge is 0.324 e. The van der Waals surface area contributed by atoms with Crippen molar-refractivity contribution in [2.45, 2.75) is 6.18 Å². The molecule has 4 heterocycles. The Morgan fingerprint density at radius 2 is 1.42 bits per heavy atom. The number of fused-ring (bicyclic) bond motifs is 2. The topological polar surface area (TPSA) is 17.3 Å². The maximum Gasteiger partial charge on any atom is 0.678 e. The average Bonchev–Trinajstić information content (AvgIpc) is 3.58. The van der Waals surface area contributed by atoms with Crippen molar-refractivity contribution in [2.24, 2.45) is 4.99 Å². The fourth-order valence-corrected chi connectivity index (χ4v) is 6.46. The Morgan fingerprint density at radius 3 is 1.97 bits per heavy atom. The van der Waals surface area contributed by atoms with Gasteiger partial charge in [-0.2, -0.15) is 13.2 Å². The SMILES string of the molecule is FB(F)n1c(/C(=C2/C=c3sc(-c4ccccc4)cc3=N2)C(F)(F)F)cc2sc(-c3ccccc3)cc21. The summed E-state index contributed by atoms with van der Waals surface area (Å²) in [7, 11) is -3.16. The van der Waals surface area contributed by atoms with E-state index in [0.29, 0.717) is 23.9 Å². The van der Waals surface area contributed by atoms with Crippen LogP contribution in [0.1, 0.15) is 5.69 Å². The van der Waals surface area contributed by atoms with Gasteiger partial charge in [-0.1, -0.05) is 60.7 Å². The molecule has 1 aliphatic heterocycles. The molecule has 5 aromatic rings. The molecule has 3 aromatic heterocycles. The first-order valence-corrected chi connectivity index (χ1v) is 12.5. The van der Waals surface area contributed by atoms with Crippen LogP contribution in [0.5, 0.6) is 0 Å². The van der Waals surface area contributed by atoms with Crippen LogP contribution in [0.2, 0.25) is 0 Å². The van der Waals surface area contributed by atoms with E-state index < -0.39 is 24.8 Å². The van der Waals surface area contributed by atoms with Crippen LogP contribution in [0.4, 0.5) is 21.8 Å². The predicted octanol–water partition coefficient (Wildman–Crippen LogP) is 7.26. The fraction of sp³-hybridized carbons (Fsp3) is 0.0385. The molecule has 0 unspecified atom stereocenters. The lowest BCUT2D eigenvalue weighted by Gasteiger charge is -2.15. The summed E-state index contributed by atoms with van der Waals surface area (Å²) in [6, 6.07) is 23.0. The molecule has 0 saturated heterocycles. The summed E-state index contributed by atoms with van der Waals surface area (Å²) in [5, 5.41) is 0.402. The van der Waals surface area contributed by atoms with E-state index in [1.165, 1.54) is 40.9 Å². The standard InChI is InChI=1S/C26H14BF5N2S2/c28-26(29,30)25(18-12-23-17(33-18)11-21(35-23)15-7-3-1-4-8-15)20-14-24-19(34(20)27(31)32)13-22(36-24)16-9-5-2-6-10-16/h1-14H/b25-18+. The largest absolute Gasteiger partial charge is 0.678 e. The summed E-state index contributed by atoms with van der Waals surface area (Å²) in [5.41, 5.74) is -0.315. The molecule has 178 valence electrons. The normalized spacial score (nSPS) is 14.5. The van der Waals surface area contributed by atoms with Gasteiger partial charge in [0.15, 0.2) is 0 Å². The number of aromatic nitrogens is 1. The van der Waals surface area contributed by atoms with Crippen LogP contribution >= 0.6 is 22.7 Å². The fourth-order valence-electron chi connectivity index (χ4n) is 4.33. The minimum absolute atomic E-state index is 0.0605. The van der Waals surface area contributed by atoms with Crippen LogP contribution < -0.4 is 9.89 Å². The Bertz CT molecular complexity index is 1710. The maximum atomic E-state index is 14.4. The first-order valence-electron chi connectivity index (χ1n) is 10.9. The molecule has 2 nitrogen and oxygen atoms in total. The number of thiophene rings is 2. The van der Waals surface area contributed by atoms with E-state index in [9.17, 15) is 21.8 Å². The first kappa shape index (κ1) is 22.9. The molecule has 0 spiro atoms. The average molecular weight is 524 g/mol. The van der Waals surface area contributed by atoms with E-state index >= 15 is 0 Å². The predicted molar refractivity (Wildman–Crippen MR) is 137 cm³/mol. The van der Waals surface area contributed by atoms with Gasteiger partial charge in [0.25, 0.3) is 0 Å². The summed E-state index contributed by atoms with van der Waals surface area (Å²) in [4.78, 5) is 5.80. The summed E-state index contributed by atoms with van der Waals surface area (Å²) in [5.74, 6) is 0. The molecule has 0 aliphatic carbocycles. The van der Waals surface area contributed by atoms with Crippen LogP contribution in [0.15, 0.2) is 89.6 Å². The third-order valence-corrected chi connectivity index (χ3v) is 8.12. The van der Waals surface area contributed by atoms with Gasteiger partial charge in [0, 0.05) is 15.4 Å². The molecule has 0 saturated carbocycles. The van der Waals surface area contributed by atoms with Crippen LogP contribution in [-0.4, -0.2) is 18.1 Å². The lowest BCUT2D eigenvalue weighted by atomic mass is 10.1. The quantitative estimate of drug-likeness (QED) is 0.174. The summed E-state index contributed by atoms with van der Waals surface area (Å²) >= 11 is 2.49. The number of alkyl halides is 3. The molecular formula is C26H14BF5N2S2. The zero-order valence-electron chi connectivity index (χ0n) is 18.3. The minimum Gasteiger partial charge on any atom is -0.324 e. The molecule has 0 N–H and O–H groups in total. The summed E-state index contributed by atoms with van der Waals surface area (Å²) in [6.45, 7) is 0.